The second kappa shape index (κ2) is 3.01. The average molecular weight is 210 g/mol. The minimum Gasteiger partial charge on any atom is -0.299 e. The normalized spacial score (nSPS) is 18.1. The summed E-state index contributed by atoms with van der Waals surface area (Å²) in [6.45, 7) is 1.48. The largest absolute Gasteiger partial charge is 0.299 e. The van der Waals surface area contributed by atoms with Crippen molar-refractivity contribution < 1.29 is 9.59 Å². The van der Waals surface area contributed by atoms with Crippen LogP contribution in [0, 0.1) is 0 Å². The Hall–Kier alpha value is -1.96. The van der Waals surface area contributed by atoms with Gasteiger partial charge < -0.3 is 0 Å². The Morgan fingerprint density at radius 1 is 1.12 bits per heavy atom. The van der Waals surface area contributed by atoms with Crippen molar-refractivity contribution in [3.8, 4) is 0 Å². The third kappa shape index (κ3) is 1.01. The number of carbonyl (C=O) groups excluding carboxylic acids is 2. The Morgan fingerprint density at radius 3 is 2.50 bits per heavy atom. The first-order chi connectivity index (χ1) is 7.70. The Kier molecular flexibility index (Phi) is 1.75. The molecule has 1 atom stereocenters. The van der Waals surface area contributed by atoms with Crippen LogP contribution < -0.4 is 0 Å². The summed E-state index contributed by atoms with van der Waals surface area (Å²) in [6.07, 6.45) is 0. The van der Waals surface area contributed by atoms with Gasteiger partial charge in [-0.05, 0) is 23.3 Å². The van der Waals surface area contributed by atoms with E-state index in [1.54, 1.807) is 6.07 Å². The zero-order valence-corrected chi connectivity index (χ0v) is 8.86. The van der Waals surface area contributed by atoms with E-state index in [9.17, 15) is 9.59 Å². The number of Topliss-reactive ketones (excluding diaryl/α,β-unsaturated/α-hetero) is 2. The molecule has 2 aromatic rings. The molecule has 78 valence electrons. The number of hydrogen-bond acceptors (Lipinski definition) is 2. The van der Waals surface area contributed by atoms with Crippen LogP contribution in [0.3, 0.4) is 0 Å². The SMILES string of the molecule is CC(=O)C1C(=O)c2cccc3cccc1c23. The summed E-state index contributed by atoms with van der Waals surface area (Å²) in [4.78, 5) is 23.6. The molecule has 0 saturated heterocycles. The average Bonchev–Trinajstić information content (AvgIpc) is 2.55. The summed E-state index contributed by atoms with van der Waals surface area (Å²) in [6, 6.07) is 11.4. The fraction of sp³-hybridized carbons (Fsp3) is 0.143. The molecule has 0 saturated carbocycles. The highest BCUT2D eigenvalue weighted by Gasteiger charge is 2.35. The monoisotopic (exact) mass is 210 g/mol. The summed E-state index contributed by atoms with van der Waals surface area (Å²) >= 11 is 0. The van der Waals surface area contributed by atoms with Crippen molar-refractivity contribution in [3.05, 3.63) is 47.5 Å². The molecule has 0 bridgehead atoms. The van der Waals surface area contributed by atoms with Crippen molar-refractivity contribution in [1.82, 2.24) is 0 Å². The van der Waals surface area contributed by atoms with Crippen molar-refractivity contribution in [2.75, 3.05) is 0 Å². The van der Waals surface area contributed by atoms with Gasteiger partial charge in [0.2, 0.25) is 0 Å². The van der Waals surface area contributed by atoms with E-state index in [-0.39, 0.29) is 11.6 Å². The minimum absolute atomic E-state index is 0.0562. The van der Waals surface area contributed by atoms with Gasteiger partial charge >= 0.3 is 0 Å². The smallest absolute Gasteiger partial charge is 0.178 e. The molecule has 0 aromatic heterocycles. The van der Waals surface area contributed by atoms with E-state index in [1.165, 1.54) is 6.92 Å². The van der Waals surface area contributed by atoms with Crippen LogP contribution in [0.15, 0.2) is 36.4 Å². The first kappa shape index (κ1) is 9.28. The Bertz CT molecular complexity index is 620. The highest BCUT2D eigenvalue weighted by molar-refractivity contribution is 6.26. The topological polar surface area (TPSA) is 34.1 Å². The second-order valence-electron chi connectivity index (χ2n) is 4.16. The maximum atomic E-state index is 12.1. The van der Waals surface area contributed by atoms with E-state index >= 15 is 0 Å². The lowest BCUT2D eigenvalue weighted by Gasteiger charge is -2.04. The van der Waals surface area contributed by atoms with Gasteiger partial charge in [-0.2, -0.15) is 0 Å². The van der Waals surface area contributed by atoms with Crippen LogP contribution in [-0.4, -0.2) is 11.6 Å². The van der Waals surface area contributed by atoms with E-state index in [0.29, 0.717) is 5.56 Å². The van der Waals surface area contributed by atoms with Crippen LogP contribution in [0.2, 0.25) is 0 Å². The number of carbonyl (C=O) groups is 2. The van der Waals surface area contributed by atoms with Crippen LogP contribution in [0.25, 0.3) is 10.8 Å². The molecular weight excluding hydrogens is 200 g/mol. The van der Waals surface area contributed by atoms with Crippen LogP contribution in [0.1, 0.15) is 28.8 Å². The first-order valence-corrected chi connectivity index (χ1v) is 5.26. The number of hydrogen-bond donors (Lipinski definition) is 0. The van der Waals surface area contributed by atoms with Gasteiger partial charge in [-0.3, -0.25) is 9.59 Å². The van der Waals surface area contributed by atoms with Gasteiger partial charge in [0.25, 0.3) is 0 Å². The number of benzene rings is 2. The third-order valence-electron chi connectivity index (χ3n) is 3.18. The van der Waals surface area contributed by atoms with E-state index in [1.807, 2.05) is 30.3 Å². The van der Waals surface area contributed by atoms with Crippen molar-refractivity contribution in [3.63, 3.8) is 0 Å². The lowest BCUT2D eigenvalue weighted by atomic mass is 9.96. The molecule has 0 aliphatic heterocycles. The Balaban J connectivity index is 2.44. The molecule has 0 radical (unpaired) electrons. The third-order valence-corrected chi connectivity index (χ3v) is 3.18. The predicted octanol–water partition coefficient (Wildman–Crippen LogP) is 2.71. The molecule has 2 aromatic carbocycles. The van der Waals surface area contributed by atoms with Crippen LogP contribution in [0.5, 0.6) is 0 Å². The molecule has 1 aliphatic rings. The van der Waals surface area contributed by atoms with Gasteiger partial charge in [0.05, 0.1) is 0 Å². The number of ketones is 2. The molecule has 0 N–H and O–H groups in total. The molecule has 2 nitrogen and oxygen atoms in total. The van der Waals surface area contributed by atoms with E-state index < -0.39 is 5.92 Å². The summed E-state index contributed by atoms with van der Waals surface area (Å²) in [5.41, 5.74) is 1.55. The number of rotatable bonds is 1. The van der Waals surface area contributed by atoms with E-state index in [0.717, 1.165) is 16.3 Å². The molecule has 0 amide bonds. The van der Waals surface area contributed by atoms with Gasteiger partial charge in [-0.1, -0.05) is 36.4 Å². The van der Waals surface area contributed by atoms with Gasteiger partial charge in [0, 0.05) is 5.56 Å². The molecule has 1 aliphatic carbocycles. The second-order valence-corrected chi connectivity index (χ2v) is 4.16. The van der Waals surface area contributed by atoms with Crippen LogP contribution in [0.4, 0.5) is 0 Å². The van der Waals surface area contributed by atoms with Gasteiger partial charge in [0.1, 0.15) is 11.7 Å². The molecule has 0 spiro atoms. The van der Waals surface area contributed by atoms with Crippen molar-refractivity contribution in [2.45, 2.75) is 12.8 Å². The molecule has 16 heavy (non-hydrogen) atoms. The molecular formula is C14H10O2. The molecule has 0 heterocycles. The molecule has 2 heteroatoms. The van der Waals surface area contributed by atoms with Crippen molar-refractivity contribution in [1.29, 1.82) is 0 Å². The summed E-state index contributed by atoms with van der Waals surface area (Å²) in [7, 11) is 0. The predicted molar refractivity (Wildman–Crippen MR) is 61.7 cm³/mol. The Labute approximate surface area is 92.9 Å². The standard InChI is InChI=1S/C14H10O2/c1-8(15)12-10-6-2-4-9-5-3-7-11(13(9)10)14(12)16/h2-7,12H,1H3. The minimum atomic E-state index is -0.582. The lowest BCUT2D eigenvalue weighted by molar-refractivity contribution is -0.117. The molecule has 0 fully saturated rings. The van der Waals surface area contributed by atoms with Gasteiger partial charge in [-0.15, -0.1) is 0 Å². The Morgan fingerprint density at radius 2 is 1.81 bits per heavy atom. The quantitative estimate of drug-likeness (QED) is 0.678. The zero-order valence-electron chi connectivity index (χ0n) is 8.86. The summed E-state index contributed by atoms with van der Waals surface area (Å²) < 4.78 is 0. The van der Waals surface area contributed by atoms with E-state index in [4.69, 9.17) is 0 Å². The van der Waals surface area contributed by atoms with Crippen molar-refractivity contribution in [2.24, 2.45) is 0 Å². The van der Waals surface area contributed by atoms with Gasteiger partial charge in [0.15, 0.2) is 5.78 Å². The summed E-state index contributed by atoms with van der Waals surface area (Å²) in [5, 5.41) is 1.99. The van der Waals surface area contributed by atoms with Crippen LogP contribution in [-0.2, 0) is 4.79 Å². The fourth-order valence-corrected chi connectivity index (χ4v) is 2.52. The molecule has 1 unspecified atom stereocenters. The molecule has 3 rings (SSSR count). The lowest BCUT2D eigenvalue weighted by Crippen LogP contribution is -2.14. The highest BCUT2D eigenvalue weighted by atomic mass is 16.1. The van der Waals surface area contributed by atoms with E-state index in [2.05, 4.69) is 0 Å². The highest BCUT2D eigenvalue weighted by Crippen LogP contribution is 2.38. The maximum absolute atomic E-state index is 12.1. The first-order valence-electron chi connectivity index (χ1n) is 5.26. The van der Waals surface area contributed by atoms with Crippen LogP contribution >= 0.6 is 0 Å². The van der Waals surface area contributed by atoms with Gasteiger partial charge in [-0.25, -0.2) is 0 Å². The van der Waals surface area contributed by atoms with Crippen molar-refractivity contribution >= 4 is 22.3 Å². The maximum Gasteiger partial charge on any atom is 0.178 e. The summed E-state index contributed by atoms with van der Waals surface area (Å²) in [5.74, 6) is -0.714. The zero-order chi connectivity index (χ0) is 11.3. The fourth-order valence-electron chi connectivity index (χ4n) is 2.52.